The van der Waals surface area contributed by atoms with Crippen molar-refractivity contribution in [1.29, 1.82) is 0 Å². The number of alkyl halides is 6. The molecule has 0 aliphatic heterocycles. The molecule has 0 radical (unpaired) electrons. The van der Waals surface area contributed by atoms with Crippen molar-refractivity contribution in [2.24, 2.45) is 0 Å². The van der Waals surface area contributed by atoms with Gasteiger partial charge in [-0.3, -0.25) is 0 Å². The lowest BCUT2D eigenvalue weighted by Crippen LogP contribution is -2.33. The normalized spacial score (nSPS) is 12.2. The molecule has 10 nitrogen and oxygen atoms in total. The summed E-state index contributed by atoms with van der Waals surface area (Å²) >= 11 is 0. The van der Waals surface area contributed by atoms with Crippen molar-refractivity contribution in [2.45, 2.75) is 244 Å². The van der Waals surface area contributed by atoms with Gasteiger partial charge in [-0.1, -0.05) is 228 Å². The van der Waals surface area contributed by atoms with Gasteiger partial charge in [-0.15, -0.1) is 0 Å². The Hall–Kier alpha value is -8.40. The van der Waals surface area contributed by atoms with Crippen LogP contribution in [-0.2, 0) is 22.3 Å². The lowest BCUT2D eigenvalue weighted by molar-refractivity contribution is -0.206. The third-order valence-electron chi connectivity index (χ3n) is 18.4. The lowest BCUT2D eigenvalue weighted by atomic mass is 10.0. The fraction of sp³-hybridized carbons (Fsp3) is 0.465. The van der Waals surface area contributed by atoms with Crippen LogP contribution < -0.4 is 18.9 Å². The van der Waals surface area contributed by atoms with Crippen molar-refractivity contribution in [1.82, 2.24) is 0 Å². The fourth-order valence-electron chi connectivity index (χ4n) is 12.2. The standard InChI is InChI=1S/C86H104F6O10/c1-3-5-7-9-23-29-63-97-75-55-47-69(48-56-75)67-39-43-71(44-40-67)81(93)99-77-59-51-73(52-60-77)83(95)101-79(85(87,88)89)33-27-21-17-13-11-15-19-25-31-65-35-37-66(38-36-65)32-26-20-16-12-14-18-22-28-34-80(86(90,91)92)102-84(96)74-53-61-78(62-54-74)100-82(94)72-45-41-68(42-46-72)70-49-57-76(58-50-70)98-64-30-24-10-8-6-4-2/h35-62,79-80H,3-34,63-64H2,1-2H3/t79-,80-/m0/s1. The number of unbranched alkanes of at least 4 members (excludes halogenated alkanes) is 24. The molecule has 0 bridgehead atoms. The van der Waals surface area contributed by atoms with E-state index in [1.54, 1.807) is 24.3 Å². The Kier molecular flexibility index (Phi) is 35.6. The third-order valence-corrected chi connectivity index (χ3v) is 18.4. The second kappa shape index (κ2) is 44.9. The molecule has 0 spiro atoms. The van der Waals surface area contributed by atoms with Crippen LogP contribution in [0.15, 0.2) is 170 Å². The Morgan fingerprint density at radius 2 is 0.529 bits per heavy atom. The number of halogens is 6. The zero-order valence-corrected chi connectivity index (χ0v) is 59.7. The summed E-state index contributed by atoms with van der Waals surface area (Å²) in [5.74, 6) is -1.58. The van der Waals surface area contributed by atoms with Crippen molar-refractivity contribution in [3.63, 3.8) is 0 Å². The molecule has 7 aromatic rings. The van der Waals surface area contributed by atoms with Gasteiger partial charge in [0.1, 0.15) is 23.0 Å². The van der Waals surface area contributed by atoms with Gasteiger partial charge in [-0.25, -0.2) is 19.2 Å². The number of hydrogen-bond acceptors (Lipinski definition) is 10. The van der Waals surface area contributed by atoms with Gasteiger partial charge in [-0.05, 0) is 195 Å². The molecule has 7 rings (SSSR count). The van der Waals surface area contributed by atoms with Crippen LogP contribution >= 0.6 is 0 Å². The molecule has 0 unspecified atom stereocenters. The minimum Gasteiger partial charge on any atom is -0.494 e. The molecule has 0 aliphatic carbocycles. The number of aryl methyl sites for hydroxylation is 2. The minimum atomic E-state index is -4.72. The van der Waals surface area contributed by atoms with Crippen molar-refractivity contribution >= 4 is 23.9 Å². The monoisotopic (exact) mass is 1410 g/mol. The molecule has 0 aliphatic rings. The van der Waals surface area contributed by atoms with Crippen LogP contribution in [0.3, 0.4) is 0 Å². The van der Waals surface area contributed by atoms with Crippen molar-refractivity contribution < 1.29 is 73.9 Å². The molecule has 2 atom stereocenters. The van der Waals surface area contributed by atoms with Crippen LogP contribution in [-0.4, -0.2) is 61.7 Å². The van der Waals surface area contributed by atoms with Crippen molar-refractivity contribution in [3.8, 4) is 45.3 Å². The Balaban J connectivity index is 0.668. The Morgan fingerprint density at radius 3 is 0.833 bits per heavy atom. The molecule has 0 amide bonds. The summed E-state index contributed by atoms with van der Waals surface area (Å²) in [6.07, 6.45) is 15.2. The second-order valence-corrected chi connectivity index (χ2v) is 26.7. The SMILES string of the molecule is CCCCCCCCOc1ccc(-c2ccc(C(=O)Oc3ccc(C(=O)O[C@@H](CCCCCCCCCCc4ccc(CCCCCCCCCC[C@H](OC(=O)c5ccc(OC(=O)c6ccc(-c7ccc(OCCCCCCCC)cc7)cc6)cc5)C(F)(F)F)cc4)C(F)(F)F)cc3)cc2)cc1. The quantitative estimate of drug-likeness (QED) is 0.0158. The van der Waals surface area contributed by atoms with Crippen LogP contribution in [0.4, 0.5) is 26.3 Å². The van der Waals surface area contributed by atoms with Gasteiger partial charge in [0.15, 0.2) is 12.2 Å². The van der Waals surface area contributed by atoms with Crippen molar-refractivity contribution in [3.05, 3.63) is 203 Å². The van der Waals surface area contributed by atoms with Gasteiger partial charge >= 0.3 is 36.2 Å². The van der Waals surface area contributed by atoms with E-state index in [9.17, 15) is 45.5 Å². The molecule has 0 N–H and O–H groups in total. The molecule has 0 aromatic heterocycles. The van der Waals surface area contributed by atoms with E-state index in [4.69, 9.17) is 28.4 Å². The highest BCUT2D eigenvalue weighted by molar-refractivity contribution is 5.94. The average molecular weight is 1410 g/mol. The smallest absolute Gasteiger partial charge is 0.425 e. The maximum absolute atomic E-state index is 14.0. The third kappa shape index (κ3) is 30.3. The highest BCUT2D eigenvalue weighted by Crippen LogP contribution is 2.32. The topological polar surface area (TPSA) is 124 Å². The molecular formula is C86H104F6O10. The fourth-order valence-corrected chi connectivity index (χ4v) is 12.2. The molecule has 0 heterocycles. The number of carbonyl (C=O) groups is 4. The summed E-state index contributed by atoms with van der Waals surface area (Å²) in [7, 11) is 0. The number of rotatable bonds is 48. The molecular weight excluding hydrogens is 1310 g/mol. The summed E-state index contributed by atoms with van der Waals surface area (Å²) < 4.78 is 117. The predicted octanol–water partition coefficient (Wildman–Crippen LogP) is 24.6. The molecule has 0 fully saturated rings. The minimum absolute atomic E-state index is 0.0864. The molecule has 102 heavy (non-hydrogen) atoms. The first-order valence-corrected chi connectivity index (χ1v) is 37.4. The van der Waals surface area contributed by atoms with E-state index in [0.717, 1.165) is 149 Å². The maximum Gasteiger partial charge on any atom is 0.425 e. The molecule has 550 valence electrons. The van der Waals surface area contributed by atoms with Gasteiger partial charge in [-0.2, -0.15) is 26.3 Å². The van der Waals surface area contributed by atoms with E-state index in [1.807, 2.05) is 72.8 Å². The zero-order valence-electron chi connectivity index (χ0n) is 59.7. The number of carbonyl (C=O) groups excluding carboxylic acids is 4. The first kappa shape index (κ1) is 80.9. The van der Waals surface area contributed by atoms with E-state index in [2.05, 4.69) is 38.1 Å². The van der Waals surface area contributed by atoms with Crippen LogP contribution in [0.25, 0.3) is 22.3 Å². The lowest BCUT2D eigenvalue weighted by Gasteiger charge is -2.20. The zero-order chi connectivity index (χ0) is 72.6. The van der Waals surface area contributed by atoms with Crippen LogP contribution in [0.2, 0.25) is 0 Å². The molecule has 0 saturated heterocycles. The van der Waals surface area contributed by atoms with E-state index in [0.29, 0.717) is 37.2 Å². The number of benzene rings is 7. The van der Waals surface area contributed by atoms with Crippen LogP contribution in [0, 0.1) is 0 Å². The van der Waals surface area contributed by atoms with E-state index in [1.165, 1.54) is 111 Å². The van der Waals surface area contributed by atoms with Gasteiger partial charge in [0.25, 0.3) is 0 Å². The van der Waals surface area contributed by atoms with Crippen LogP contribution in [0.1, 0.15) is 259 Å². The van der Waals surface area contributed by atoms with Crippen LogP contribution in [0.5, 0.6) is 23.0 Å². The average Bonchev–Trinajstić information content (AvgIpc) is 0.851. The summed E-state index contributed by atoms with van der Waals surface area (Å²) in [5.41, 5.74) is 6.74. The maximum atomic E-state index is 14.0. The summed E-state index contributed by atoms with van der Waals surface area (Å²) in [4.78, 5) is 51.6. The largest absolute Gasteiger partial charge is 0.494 e. The van der Waals surface area contributed by atoms with E-state index < -0.39 is 48.4 Å². The first-order chi connectivity index (χ1) is 49.4. The summed E-state index contributed by atoms with van der Waals surface area (Å²) in [5, 5.41) is 0. The highest BCUT2D eigenvalue weighted by atomic mass is 19.4. The number of hydrogen-bond donors (Lipinski definition) is 0. The Morgan fingerprint density at radius 1 is 0.284 bits per heavy atom. The van der Waals surface area contributed by atoms with E-state index in [-0.39, 0.29) is 48.3 Å². The number of ether oxygens (including phenoxy) is 6. The van der Waals surface area contributed by atoms with Crippen molar-refractivity contribution in [2.75, 3.05) is 13.2 Å². The first-order valence-electron chi connectivity index (χ1n) is 37.4. The van der Waals surface area contributed by atoms with Gasteiger partial charge < -0.3 is 28.4 Å². The van der Waals surface area contributed by atoms with Gasteiger partial charge in [0.05, 0.1) is 35.5 Å². The number of esters is 4. The summed E-state index contributed by atoms with van der Waals surface area (Å²) in [6.45, 7) is 5.77. The van der Waals surface area contributed by atoms with E-state index >= 15 is 0 Å². The summed E-state index contributed by atoms with van der Waals surface area (Å²) in [6, 6.07) is 48.7. The Bertz CT molecular complexity index is 3270. The molecule has 0 saturated carbocycles. The Labute approximate surface area is 600 Å². The molecule has 7 aromatic carbocycles. The molecule has 16 heteroatoms. The second-order valence-electron chi connectivity index (χ2n) is 26.7. The highest BCUT2D eigenvalue weighted by Gasteiger charge is 2.43. The van der Waals surface area contributed by atoms with Gasteiger partial charge in [0, 0.05) is 0 Å². The predicted molar refractivity (Wildman–Crippen MR) is 392 cm³/mol. The van der Waals surface area contributed by atoms with Gasteiger partial charge in [0.2, 0.25) is 0 Å².